The number of likely N-dealkylation sites (tertiary alicyclic amines) is 1. The first-order valence-corrected chi connectivity index (χ1v) is 6.44. The Morgan fingerprint density at radius 2 is 1.67 bits per heavy atom. The third-order valence-electron chi connectivity index (χ3n) is 2.99. The van der Waals surface area contributed by atoms with E-state index in [9.17, 15) is 14.4 Å². The molecule has 1 aliphatic rings. The molecule has 1 atom stereocenters. The molecule has 1 aliphatic heterocycles. The number of hydrogen-bond donors (Lipinski definition) is 0. The second-order valence-corrected chi connectivity index (χ2v) is 5.12. The first-order chi connectivity index (χ1) is 8.50. The quantitative estimate of drug-likeness (QED) is 0.635. The average Bonchev–Trinajstić information content (AvgIpc) is 2.68. The van der Waals surface area contributed by atoms with Crippen LogP contribution in [0.25, 0.3) is 0 Å². The standard InChI is InChI=1S/C13H12BrNO3/c1-8(15-11(16)6-7-12(15)17)13(18)9-2-4-10(14)5-3-9/h2-5,8H,6-7H2,1H3/t8-/m0/s1. The van der Waals surface area contributed by atoms with E-state index in [2.05, 4.69) is 15.9 Å². The van der Waals surface area contributed by atoms with Crippen molar-refractivity contribution in [2.24, 2.45) is 0 Å². The van der Waals surface area contributed by atoms with Gasteiger partial charge in [0.1, 0.15) is 0 Å². The third kappa shape index (κ3) is 2.36. The fourth-order valence-corrected chi connectivity index (χ4v) is 2.26. The van der Waals surface area contributed by atoms with E-state index < -0.39 is 6.04 Å². The number of benzene rings is 1. The molecule has 0 bridgehead atoms. The van der Waals surface area contributed by atoms with Crippen LogP contribution in [0, 0.1) is 0 Å². The summed E-state index contributed by atoms with van der Waals surface area (Å²) in [4.78, 5) is 36.4. The molecule has 1 heterocycles. The molecule has 1 aromatic rings. The van der Waals surface area contributed by atoms with Gasteiger partial charge in [-0.25, -0.2) is 0 Å². The molecular weight excluding hydrogens is 298 g/mol. The van der Waals surface area contributed by atoms with Gasteiger partial charge in [-0.3, -0.25) is 19.3 Å². The molecule has 5 heteroatoms. The van der Waals surface area contributed by atoms with Gasteiger partial charge in [-0.1, -0.05) is 28.1 Å². The van der Waals surface area contributed by atoms with Gasteiger partial charge in [0, 0.05) is 22.9 Å². The zero-order chi connectivity index (χ0) is 13.3. The van der Waals surface area contributed by atoms with E-state index in [1.807, 2.05) is 0 Å². The molecule has 0 aromatic heterocycles. The molecule has 1 fully saturated rings. The molecule has 18 heavy (non-hydrogen) atoms. The summed E-state index contributed by atoms with van der Waals surface area (Å²) in [7, 11) is 0. The Hall–Kier alpha value is -1.49. The summed E-state index contributed by atoms with van der Waals surface area (Å²) < 4.78 is 0.875. The Morgan fingerprint density at radius 1 is 1.17 bits per heavy atom. The van der Waals surface area contributed by atoms with E-state index >= 15 is 0 Å². The SMILES string of the molecule is C[C@@H](C(=O)c1ccc(Br)cc1)N1C(=O)CCC1=O. The van der Waals surface area contributed by atoms with E-state index in [1.165, 1.54) is 0 Å². The first kappa shape index (κ1) is 13.0. The van der Waals surface area contributed by atoms with Crippen LogP contribution in [0.4, 0.5) is 0 Å². The summed E-state index contributed by atoms with van der Waals surface area (Å²) in [6, 6.07) is 6.14. The third-order valence-corrected chi connectivity index (χ3v) is 3.51. The van der Waals surface area contributed by atoms with Crippen molar-refractivity contribution in [1.82, 2.24) is 4.90 Å². The number of imide groups is 1. The maximum Gasteiger partial charge on any atom is 0.230 e. The van der Waals surface area contributed by atoms with Gasteiger partial charge in [0.05, 0.1) is 6.04 Å². The highest BCUT2D eigenvalue weighted by atomic mass is 79.9. The van der Waals surface area contributed by atoms with Crippen LogP contribution in [0.15, 0.2) is 28.7 Å². The lowest BCUT2D eigenvalue weighted by Crippen LogP contribution is -2.42. The molecule has 1 saturated heterocycles. The lowest BCUT2D eigenvalue weighted by Gasteiger charge is -2.21. The van der Waals surface area contributed by atoms with Gasteiger partial charge in [0.2, 0.25) is 11.8 Å². The van der Waals surface area contributed by atoms with Crippen LogP contribution < -0.4 is 0 Å². The zero-order valence-electron chi connectivity index (χ0n) is 9.85. The summed E-state index contributed by atoms with van der Waals surface area (Å²) in [6.45, 7) is 1.59. The largest absolute Gasteiger partial charge is 0.292 e. The van der Waals surface area contributed by atoms with Crippen molar-refractivity contribution in [3.63, 3.8) is 0 Å². The van der Waals surface area contributed by atoms with Crippen LogP contribution >= 0.6 is 15.9 Å². The molecule has 1 aromatic carbocycles. The highest BCUT2D eigenvalue weighted by Crippen LogP contribution is 2.19. The molecule has 0 saturated carbocycles. The zero-order valence-corrected chi connectivity index (χ0v) is 11.4. The Balaban J connectivity index is 2.21. The number of rotatable bonds is 3. The summed E-state index contributed by atoms with van der Waals surface area (Å²) in [6.07, 6.45) is 0.410. The second kappa shape index (κ2) is 5.02. The summed E-state index contributed by atoms with van der Waals surface area (Å²) in [5.74, 6) is -0.748. The van der Waals surface area contributed by atoms with Gasteiger partial charge in [-0.05, 0) is 19.1 Å². The smallest absolute Gasteiger partial charge is 0.230 e. The van der Waals surface area contributed by atoms with Crippen molar-refractivity contribution in [3.05, 3.63) is 34.3 Å². The number of Topliss-reactive ketones (excluding diaryl/α,β-unsaturated/α-hetero) is 1. The number of hydrogen-bond acceptors (Lipinski definition) is 3. The van der Waals surface area contributed by atoms with Crippen molar-refractivity contribution in [2.45, 2.75) is 25.8 Å². The number of carbonyl (C=O) groups excluding carboxylic acids is 3. The van der Waals surface area contributed by atoms with Crippen LogP contribution in [-0.4, -0.2) is 28.5 Å². The van der Waals surface area contributed by atoms with Gasteiger partial charge in [-0.15, -0.1) is 0 Å². The predicted octanol–water partition coefficient (Wildman–Crippen LogP) is 2.17. The van der Waals surface area contributed by atoms with E-state index in [1.54, 1.807) is 31.2 Å². The van der Waals surface area contributed by atoms with Gasteiger partial charge < -0.3 is 0 Å². The number of ketones is 1. The van der Waals surface area contributed by atoms with E-state index in [0.29, 0.717) is 5.56 Å². The van der Waals surface area contributed by atoms with E-state index in [0.717, 1.165) is 9.37 Å². The first-order valence-electron chi connectivity index (χ1n) is 5.65. The topological polar surface area (TPSA) is 54.5 Å². The van der Waals surface area contributed by atoms with Crippen LogP contribution in [-0.2, 0) is 9.59 Å². The monoisotopic (exact) mass is 309 g/mol. The van der Waals surface area contributed by atoms with Crippen molar-refractivity contribution in [1.29, 1.82) is 0 Å². The summed E-state index contributed by atoms with van der Waals surface area (Å²) in [5.41, 5.74) is 0.498. The van der Waals surface area contributed by atoms with Crippen molar-refractivity contribution < 1.29 is 14.4 Å². The Labute approximate surface area is 113 Å². The maximum atomic E-state index is 12.2. The van der Waals surface area contributed by atoms with Crippen LogP contribution in [0.3, 0.4) is 0 Å². The Morgan fingerprint density at radius 3 is 2.17 bits per heavy atom. The average molecular weight is 310 g/mol. The fraction of sp³-hybridized carbons (Fsp3) is 0.308. The van der Waals surface area contributed by atoms with Gasteiger partial charge >= 0.3 is 0 Å². The van der Waals surface area contributed by atoms with Gasteiger partial charge in [0.25, 0.3) is 0 Å². The highest BCUT2D eigenvalue weighted by molar-refractivity contribution is 9.10. The second-order valence-electron chi connectivity index (χ2n) is 4.20. The van der Waals surface area contributed by atoms with E-state index in [-0.39, 0.29) is 30.4 Å². The molecule has 2 amide bonds. The number of carbonyl (C=O) groups is 3. The molecule has 2 rings (SSSR count). The molecule has 0 radical (unpaired) electrons. The van der Waals surface area contributed by atoms with Crippen LogP contribution in [0.5, 0.6) is 0 Å². The molecular formula is C13H12BrNO3. The molecule has 0 spiro atoms. The van der Waals surface area contributed by atoms with Gasteiger partial charge in [0.15, 0.2) is 5.78 Å². The lowest BCUT2D eigenvalue weighted by atomic mass is 10.0. The highest BCUT2D eigenvalue weighted by Gasteiger charge is 2.36. The van der Waals surface area contributed by atoms with Crippen molar-refractivity contribution in [2.75, 3.05) is 0 Å². The summed E-state index contributed by atoms with van der Waals surface area (Å²) in [5, 5.41) is 0. The Bertz CT molecular complexity index is 493. The maximum absolute atomic E-state index is 12.2. The number of halogens is 1. The molecule has 94 valence electrons. The normalized spacial score (nSPS) is 17.1. The van der Waals surface area contributed by atoms with Crippen LogP contribution in [0.1, 0.15) is 30.1 Å². The fourth-order valence-electron chi connectivity index (χ4n) is 2.00. The van der Waals surface area contributed by atoms with Crippen molar-refractivity contribution >= 4 is 33.5 Å². The minimum atomic E-state index is -0.728. The van der Waals surface area contributed by atoms with Crippen molar-refractivity contribution in [3.8, 4) is 0 Å². The lowest BCUT2D eigenvalue weighted by molar-refractivity contribution is -0.139. The summed E-state index contributed by atoms with van der Waals surface area (Å²) >= 11 is 3.29. The number of nitrogens with zero attached hydrogens (tertiary/aromatic N) is 1. The molecule has 4 nitrogen and oxygen atoms in total. The minimum absolute atomic E-state index is 0.205. The molecule has 0 aliphatic carbocycles. The predicted molar refractivity (Wildman–Crippen MR) is 69.0 cm³/mol. The minimum Gasteiger partial charge on any atom is -0.292 e. The van der Waals surface area contributed by atoms with Gasteiger partial charge in [-0.2, -0.15) is 0 Å². The van der Waals surface area contributed by atoms with E-state index in [4.69, 9.17) is 0 Å². The van der Waals surface area contributed by atoms with Crippen LogP contribution in [0.2, 0.25) is 0 Å². The Kier molecular flexibility index (Phi) is 3.61. The molecule has 0 unspecified atom stereocenters. The molecule has 0 N–H and O–H groups in total. The number of amides is 2.